The fourth-order valence-corrected chi connectivity index (χ4v) is 4.00. The minimum absolute atomic E-state index is 0.239. The van der Waals surface area contributed by atoms with E-state index in [1.807, 2.05) is 31.2 Å². The highest BCUT2D eigenvalue weighted by Crippen LogP contribution is 2.30. The van der Waals surface area contributed by atoms with E-state index in [1.165, 1.54) is 5.01 Å². The van der Waals surface area contributed by atoms with Gasteiger partial charge in [-0.3, -0.25) is 4.79 Å². The van der Waals surface area contributed by atoms with Gasteiger partial charge in [0.05, 0.1) is 34.2 Å². The van der Waals surface area contributed by atoms with Crippen LogP contribution in [-0.4, -0.2) is 24.2 Å². The molecule has 4 rings (SSSR count). The number of unbranched alkanes of at least 4 members (excludes halogenated alkanes) is 1. The number of amides is 1. The highest BCUT2D eigenvalue weighted by molar-refractivity contribution is 9.10. The maximum Gasteiger partial charge on any atom is 0.339 e. The van der Waals surface area contributed by atoms with Gasteiger partial charge in [-0.15, -0.1) is 0 Å². The number of hydrogen-bond acceptors (Lipinski definition) is 5. The Kier molecular flexibility index (Phi) is 7.34. The molecule has 174 valence electrons. The van der Waals surface area contributed by atoms with Crippen molar-refractivity contribution in [2.45, 2.75) is 26.7 Å². The number of hydrazone groups is 1. The third kappa shape index (κ3) is 5.16. The van der Waals surface area contributed by atoms with Crippen molar-refractivity contribution in [2.75, 3.05) is 11.6 Å². The van der Waals surface area contributed by atoms with Gasteiger partial charge in [-0.1, -0.05) is 46.9 Å². The summed E-state index contributed by atoms with van der Waals surface area (Å²) in [5.74, 6) is 0.323. The molecule has 1 aliphatic heterocycles. The number of nitrogens with zero attached hydrogens (tertiary/aromatic N) is 2. The fourth-order valence-electron chi connectivity index (χ4n) is 3.42. The van der Waals surface area contributed by atoms with Crippen LogP contribution in [-0.2, 0) is 9.53 Å². The van der Waals surface area contributed by atoms with E-state index >= 15 is 0 Å². The molecule has 2 heterocycles. The van der Waals surface area contributed by atoms with Crippen LogP contribution >= 0.6 is 27.5 Å². The van der Waals surface area contributed by atoms with Crippen molar-refractivity contribution < 1.29 is 18.7 Å². The quantitative estimate of drug-likeness (QED) is 0.181. The molecule has 1 aromatic heterocycles. The summed E-state index contributed by atoms with van der Waals surface area (Å²) < 4.78 is 12.1. The first-order valence-electron chi connectivity index (χ1n) is 10.8. The molecule has 0 radical (unpaired) electrons. The van der Waals surface area contributed by atoms with E-state index in [4.69, 9.17) is 20.8 Å². The zero-order valence-electron chi connectivity index (χ0n) is 18.7. The van der Waals surface area contributed by atoms with Crippen molar-refractivity contribution in [3.63, 3.8) is 0 Å². The van der Waals surface area contributed by atoms with Crippen molar-refractivity contribution in [1.29, 1.82) is 0 Å². The van der Waals surface area contributed by atoms with E-state index in [9.17, 15) is 9.59 Å². The molecule has 0 fully saturated rings. The summed E-state index contributed by atoms with van der Waals surface area (Å²) in [7, 11) is 0. The van der Waals surface area contributed by atoms with E-state index in [2.05, 4.69) is 21.0 Å². The summed E-state index contributed by atoms with van der Waals surface area (Å²) in [4.78, 5) is 25.4. The van der Waals surface area contributed by atoms with Crippen LogP contribution in [0, 0.1) is 0 Å². The maximum absolute atomic E-state index is 13.0. The molecular formula is C26H22BrClN2O4. The van der Waals surface area contributed by atoms with E-state index in [1.54, 1.807) is 43.3 Å². The number of rotatable bonds is 7. The van der Waals surface area contributed by atoms with Gasteiger partial charge >= 0.3 is 5.97 Å². The Bertz CT molecular complexity index is 1310. The van der Waals surface area contributed by atoms with E-state index in [0.717, 1.165) is 17.3 Å². The second kappa shape index (κ2) is 10.4. The zero-order chi connectivity index (χ0) is 24.2. The van der Waals surface area contributed by atoms with Gasteiger partial charge in [-0.2, -0.15) is 10.1 Å². The lowest BCUT2D eigenvalue weighted by molar-refractivity contribution is -0.114. The molecule has 0 bridgehead atoms. The van der Waals surface area contributed by atoms with Crippen molar-refractivity contribution in [3.05, 3.63) is 81.0 Å². The number of esters is 1. The van der Waals surface area contributed by atoms with Crippen molar-refractivity contribution >= 4 is 56.9 Å². The Hall–Kier alpha value is -3.16. The van der Waals surface area contributed by atoms with Gasteiger partial charge in [0, 0.05) is 10.0 Å². The molecule has 0 aliphatic carbocycles. The van der Waals surface area contributed by atoms with Crippen LogP contribution in [0.2, 0.25) is 5.02 Å². The van der Waals surface area contributed by atoms with Crippen LogP contribution in [0.5, 0.6) is 0 Å². The highest BCUT2D eigenvalue weighted by atomic mass is 79.9. The first-order chi connectivity index (χ1) is 16.4. The predicted octanol–water partition coefficient (Wildman–Crippen LogP) is 7.13. The Morgan fingerprint density at radius 1 is 1.21 bits per heavy atom. The highest BCUT2D eigenvalue weighted by Gasteiger charge is 2.29. The number of anilines is 1. The monoisotopic (exact) mass is 540 g/mol. The molecule has 0 saturated heterocycles. The fraction of sp³-hybridized carbons (Fsp3) is 0.192. The van der Waals surface area contributed by atoms with E-state index in [0.29, 0.717) is 45.7 Å². The number of benzene rings is 2. The van der Waals surface area contributed by atoms with Gasteiger partial charge in [0.1, 0.15) is 11.5 Å². The number of halogens is 2. The average Bonchev–Trinajstić information content (AvgIpc) is 3.40. The molecule has 0 saturated carbocycles. The zero-order valence-corrected chi connectivity index (χ0v) is 21.0. The Labute approximate surface area is 211 Å². The number of ether oxygens (including phenoxy) is 1. The second-order valence-electron chi connectivity index (χ2n) is 7.73. The normalized spacial score (nSPS) is 14.6. The molecule has 0 spiro atoms. The number of carbonyl (C=O) groups excluding carboxylic acids is 2. The summed E-state index contributed by atoms with van der Waals surface area (Å²) in [6, 6.07) is 16.0. The van der Waals surface area contributed by atoms with Crippen molar-refractivity contribution in [2.24, 2.45) is 5.10 Å². The second-order valence-corrected chi connectivity index (χ2v) is 9.05. The molecule has 6 nitrogen and oxygen atoms in total. The molecule has 0 unspecified atom stereocenters. The summed E-state index contributed by atoms with van der Waals surface area (Å²) in [6.07, 6.45) is 3.39. The molecule has 3 aromatic rings. The molecule has 1 aliphatic rings. The summed E-state index contributed by atoms with van der Waals surface area (Å²) >= 11 is 9.64. The van der Waals surface area contributed by atoms with Crippen LogP contribution in [0.4, 0.5) is 5.69 Å². The van der Waals surface area contributed by atoms with Gasteiger partial charge in [-0.25, -0.2) is 4.79 Å². The molecule has 1 amide bonds. The van der Waals surface area contributed by atoms with Crippen molar-refractivity contribution in [3.8, 4) is 11.3 Å². The third-order valence-corrected chi connectivity index (χ3v) is 6.05. The molecule has 0 N–H and O–H groups in total. The van der Waals surface area contributed by atoms with Gasteiger partial charge in [0.15, 0.2) is 0 Å². The lowest BCUT2D eigenvalue weighted by atomic mass is 10.1. The van der Waals surface area contributed by atoms with Gasteiger partial charge in [-0.05, 0) is 68.0 Å². The number of carbonyl (C=O) groups is 2. The summed E-state index contributed by atoms with van der Waals surface area (Å²) in [6.45, 7) is 4.15. The Morgan fingerprint density at radius 2 is 2.03 bits per heavy atom. The van der Waals surface area contributed by atoms with Gasteiger partial charge < -0.3 is 9.15 Å². The number of furan rings is 1. The first kappa shape index (κ1) is 24.0. The molecule has 2 aromatic carbocycles. The standard InChI is InChI=1S/C26H22BrClN2O4/c1-3-4-12-33-26(32)22-13-17(8-10-23(22)28)24-11-9-20(34-24)15-21-16(2)29-30(25(21)31)19-7-5-6-18(27)14-19/h5-11,13-15H,3-4,12H2,1-2H3. The Morgan fingerprint density at radius 3 is 2.79 bits per heavy atom. The minimum Gasteiger partial charge on any atom is -0.462 e. The average molecular weight is 542 g/mol. The van der Waals surface area contributed by atoms with Crippen LogP contribution in [0.3, 0.4) is 0 Å². The lowest BCUT2D eigenvalue weighted by Gasteiger charge is -2.11. The summed E-state index contributed by atoms with van der Waals surface area (Å²) in [5, 5.41) is 6.08. The predicted molar refractivity (Wildman–Crippen MR) is 137 cm³/mol. The first-order valence-corrected chi connectivity index (χ1v) is 12.0. The van der Waals surface area contributed by atoms with E-state index in [-0.39, 0.29) is 11.5 Å². The van der Waals surface area contributed by atoms with Crippen LogP contribution in [0.15, 0.2) is 74.2 Å². The van der Waals surface area contributed by atoms with Crippen LogP contribution < -0.4 is 5.01 Å². The molecule has 0 atom stereocenters. The summed E-state index contributed by atoms with van der Waals surface area (Å²) in [5.41, 5.74) is 2.66. The van der Waals surface area contributed by atoms with Crippen molar-refractivity contribution in [1.82, 2.24) is 0 Å². The Balaban J connectivity index is 1.56. The molecule has 8 heteroatoms. The largest absolute Gasteiger partial charge is 0.462 e. The molecular weight excluding hydrogens is 520 g/mol. The topological polar surface area (TPSA) is 72.1 Å². The molecule has 34 heavy (non-hydrogen) atoms. The smallest absolute Gasteiger partial charge is 0.339 e. The minimum atomic E-state index is -0.467. The van der Waals surface area contributed by atoms with Crippen LogP contribution in [0.1, 0.15) is 42.8 Å². The van der Waals surface area contributed by atoms with Crippen LogP contribution in [0.25, 0.3) is 17.4 Å². The van der Waals surface area contributed by atoms with Gasteiger partial charge in [0.2, 0.25) is 0 Å². The maximum atomic E-state index is 13.0. The number of hydrogen-bond donors (Lipinski definition) is 0. The lowest BCUT2D eigenvalue weighted by Crippen LogP contribution is -2.21. The van der Waals surface area contributed by atoms with E-state index < -0.39 is 5.97 Å². The third-order valence-electron chi connectivity index (χ3n) is 5.23. The SMILES string of the molecule is CCCCOC(=O)c1cc(-c2ccc(C=C3C(=O)N(c4cccc(Br)c4)N=C3C)o2)ccc1Cl. The van der Waals surface area contributed by atoms with Gasteiger partial charge in [0.25, 0.3) is 5.91 Å².